The van der Waals surface area contributed by atoms with Crippen molar-refractivity contribution in [1.29, 1.82) is 0 Å². The lowest BCUT2D eigenvalue weighted by Crippen LogP contribution is -2.10. The largest absolute Gasteiger partial charge is 0.486 e. The predicted molar refractivity (Wildman–Crippen MR) is 55.6 cm³/mol. The van der Waals surface area contributed by atoms with E-state index < -0.39 is 0 Å². The summed E-state index contributed by atoms with van der Waals surface area (Å²) in [6, 6.07) is 10.7. The van der Waals surface area contributed by atoms with E-state index in [1.54, 1.807) is 0 Å². The molecule has 0 bridgehead atoms. The van der Waals surface area contributed by atoms with E-state index in [1.807, 2.05) is 30.3 Å². The molecule has 0 saturated carbocycles. The summed E-state index contributed by atoms with van der Waals surface area (Å²) in [5.74, 6) is 1.27. The minimum absolute atomic E-state index is 0.170. The molecule has 1 aromatic carbocycles. The van der Waals surface area contributed by atoms with E-state index in [1.165, 1.54) is 12.3 Å². The smallest absolute Gasteiger partial charge is 0.250 e. The Hall–Kier alpha value is -2.10. The normalized spacial score (nSPS) is 9.87. The maximum Gasteiger partial charge on any atom is 0.250 e. The molecule has 0 unspecified atom stereocenters. The average Bonchev–Trinajstić information content (AvgIpc) is 2.28. The summed E-state index contributed by atoms with van der Waals surface area (Å²) in [7, 11) is 0. The SMILES string of the molecule is O=c1ccnc(COc2ccccc2)[nH]1. The van der Waals surface area contributed by atoms with Gasteiger partial charge in [0.2, 0.25) is 0 Å². The first kappa shape index (κ1) is 9.45. The van der Waals surface area contributed by atoms with Crippen molar-refractivity contribution in [1.82, 2.24) is 9.97 Å². The summed E-state index contributed by atoms with van der Waals surface area (Å²) in [5.41, 5.74) is -0.170. The minimum atomic E-state index is -0.170. The Bertz CT molecular complexity index is 479. The van der Waals surface area contributed by atoms with Crippen LogP contribution in [0.15, 0.2) is 47.4 Å². The molecule has 76 valence electrons. The van der Waals surface area contributed by atoms with Crippen LogP contribution in [0.1, 0.15) is 5.82 Å². The van der Waals surface area contributed by atoms with Crippen molar-refractivity contribution in [2.24, 2.45) is 0 Å². The third-order valence-corrected chi connectivity index (χ3v) is 1.84. The average molecular weight is 202 g/mol. The van der Waals surface area contributed by atoms with E-state index in [0.29, 0.717) is 5.82 Å². The maximum atomic E-state index is 11.0. The fraction of sp³-hybridized carbons (Fsp3) is 0.0909. The van der Waals surface area contributed by atoms with Gasteiger partial charge in [-0.25, -0.2) is 4.98 Å². The van der Waals surface area contributed by atoms with Crippen LogP contribution in [0.2, 0.25) is 0 Å². The predicted octanol–water partition coefficient (Wildman–Crippen LogP) is 1.35. The van der Waals surface area contributed by atoms with E-state index >= 15 is 0 Å². The van der Waals surface area contributed by atoms with E-state index in [-0.39, 0.29) is 12.2 Å². The number of hydrogen-bond acceptors (Lipinski definition) is 3. The molecule has 4 heteroatoms. The van der Waals surface area contributed by atoms with E-state index in [2.05, 4.69) is 9.97 Å². The standard InChI is InChI=1S/C11H10N2O2/c14-11-6-7-12-10(13-11)8-15-9-4-2-1-3-5-9/h1-7H,8H2,(H,12,13,14). The summed E-state index contributed by atoms with van der Waals surface area (Å²) in [4.78, 5) is 17.5. The van der Waals surface area contributed by atoms with Gasteiger partial charge in [0, 0.05) is 12.3 Å². The van der Waals surface area contributed by atoms with E-state index in [9.17, 15) is 4.79 Å². The number of benzene rings is 1. The van der Waals surface area contributed by atoms with Gasteiger partial charge in [-0.1, -0.05) is 18.2 Å². The van der Waals surface area contributed by atoms with Crippen LogP contribution in [0.5, 0.6) is 5.75 Å². The zero-order valence-electron chi connectivity index (χ0n) is 8.01. The molecule has 0 fully saturated rings. The van der Waals surface area contributed by atoms with Gasteiger partial charge in [0.05, 0.1) is 0 Å². The lowest BCUT2D eigenvalue weighted by Gasteiger charge is -2.04. The summed E-state index contributed by atoms with van der Waals surface area (Å²) in [6.07, 6.45) is 1.46. The summed E-state index contributed by atoms with van der Waals surface area (Å²) in [5, 5.41) is 0. The lowest BCUT2D eigenvalue weighted by atomic mass is 10.3. The van der Waals surface area contributed by atoms with Crippen LogP contribution >= 0.6 is 0 Å². The quantitative estimate of drug-likeness (QED) is 0.817. The van der Waals surface area contributed by atoms with Crippen LogP contribution in [0.3, 0.4) is 0 Å². The highest BCUT2D eigenvalue weighted by Crippen LogP contribution is 2.09. The molecule has 0 aliphatic carbocycles. The zero-order chi connectivity index (χ0) is 10.5. The van der Waals surface area contributed by atoms with Crippen LogP contribution in [-0.2, 0) is 6.61 Å². The number of para-hydroxylation sites is 1. The molecule has 15 heavy (non-hydrogen) atoms. The van der Waals surface area contributed by atoms with Gasteiger partial charge in [-0.3, -0.25) is 4.79 Å². The fourth-order valence-corrected chi connectivity index (χ4v) is 1.15. The molecular formula is C11H10N2O2. The minimum Gasteiger partial charge on any atom is -0.486 e. The monoisotopic (exact) mass is 202 g/mol. The van der Waals surface area contributed by atoms with Gasteiger partial charge in [0.15, 0.2) is 0 Å². The Balaban J connectivity index is 2.02. The first-order valence-corrected chi connectivity index (χ1v) is 4.56. The van der Waals surface area contributed by atoms with Crippen LogP contribution in [0, 0.1) is 0 Å². The van der Waals surface area contributed by atoms with Crippen LogP contribution in [0.25, 0.3) is 0 Å². The van der Waals surface area contributed by atoms with Gasteiger partial charge >= 0.3 is 0 Å². The first-order chi connectivity index (χ1) is 7.34. The number of H-pyrrole nitrogens is 1. The highest BCUT2D eigenvalue weighted by Gasteiger charge is 1.96. The number of nitrogens with zero attached hydrogens (tertiary/aromatic N) is 1. The van der Waals surface area contributed by atoms with Crippen molar-refractivity contribution in [3.63, 3.8) is 0 Å². The van der Waals surface area contributed by atoms with Crippen molar-refractivity contribution in [2.75, 3.05) is 0 Å². The van der Waals surface area contributed by atoms with Crippen molar-refractivity contribution >= 4 is 0 Å². The van der Waals surface area contributed by atoms with Gasteiger partial charge in [0.1, 0.15) is 18.2 Å². The molecule has 2 aromatic rings. The topological polar surface area (TPSA) is 55.0 Å². The van der Waals surface area contributed by atoms with Crippen molar-refractivity contribution in [3.05, 3.63) is 58.8 Å². The number of rotatable bonds is 3. The van der Waals surface area contributed by atoms with Crippen molar-refractivity contribution in [2.45, 2.75) is 6.61 Å². The Labute approximate surface area is 86.6 Å². The van der Waals surface area contributed by atoms with Crippen LogP contribution in [-0.4, -0.2) is 9.97 Å². The second-order valence-corrected chi connectivity index (χ2v) is 2.98. The zero-order valence-corrected chi connectivity index (χ0v) is 8.01. The Morgan fingerprint density at radius 1 is 1.20 bits per heavy atom. The van der Waals surface area contributed by atoms with Crippen LogP contribution in [0.4, 0.5) is 0 Å². The molecule has 0 amide bonds. The Morgan fingerprint density at radius 3 is 2.73 bits per heavy atom. The molecule has 1 aromatic heterocycles. The molecule has 0 aliphatic rings. The highest BCUT2D eigenvalue weighted by atomic mass is 16.5. The molecule has 4 nitrogen and oxygen atoms in total. The van der Waals surface area contributed by atoms with Gasteiger partial charge in [-0.15, -0.1) is 0 Å². The van der Waals surface area contributed by atoms with Gasteiger partial charge in [0.25, 0.3) is 5.56 Å². The molecule has 2 rings (SSSR count). The number of ether oxygens (including phenoxy) is 1. The second-order valence-electron chi connectivity index (χ2n) is 2.98. The van der Waals surface area contributed by atoms with Crippen molar-refractivity contribution < 1.29 is 4.74 Å². The molecule has 1 heterocycles. The lowest BCUT2D eigenvalue weighted by molar-refractivity contribution is 0.295. The molecule has 0 aliphatic heterocycles. The second kappa shape index (κ2) is 4.41. The molecule has 0 saturated heterocycles. The third kappa shape index (κ3) is 2.67. The molecular weight excluding hydrogens is 192 g/mol. The van der Waals surface area contributed by atoms with Gasteiger partial charge in [-0.05, 0) is 12.1 Å². The summed E-state index contributed by atoms with van der Waals surface area (Å²) < 4.78 is 5.41. The Morgan fingerprint density at radius 2 is 2.00 bits per heavy atom. The third-order valence-electron chi connectivity index (χ3n) is 1.84. The molecule has 1 N–H and O–H groups in total. The van der Waals surface area contributed by atoms with E-state index in [0.717, 1.165) is 5.75 Å². The van der Waals surface area contributed by atoms with Gasteiger partial charge in [-0.2, -0.15) is 0 Å². The Kier molecular flexibility index (Phi) is 2.78. The fourth-order valence-electron chi connectivity index (χ4n) is 1.15. The molecule has 0 radical (unpaired) electrons. The molecule has 0 spiro atoms. The van der Waals surface area contributed by atoms with Crippen molar-refractivity contribution in [3.8, 4) is 5.75 Å². The van der Waals surface area contributed by atoms with Crippen LogP contribution < -0.4 is 10.3 Å². The molecule has 0 atom stereocenters. The maximum absolute atomic E-state index is 11.0. The number of hydrogen-bond donors (Lipinski definition) is 1. The number of aromatic nitrogens is 2. The highest BCUT2D eigenvalue weighted by molar-refractivity contribution is 5.20. The first-order valence-electron chi connectivity index (χ1n) is 4.56. The van der Waals surface area contributed by atoms with E-state index in [4.69, 9.17) is 4.74 Å². The summed E-state index contributed by atoms with van der Waals surface area (Å²) in [6.45, 7) is 0.264. The van der Waals surface area contributed by atoms with Gasteiger partial charge < -0.3 is 9.72 Å². The summed E-state index contributed by atoms with van der Waals surface area (Å²) >= 11 is 0. The number of nitrogens with one attached hydrogen (secondary N) is 1. The number of aromatic amines is 1.